The molecule has 0 aromatic heterocycles. The second kappa shape index (κ2) is 4.49. The lowest BCUT2D eigenvalue weighted by molar-refractivity contribution is 0.0449. The van der Waals surface area contributed by atoms with Crippen molar-refractivity contribution in [1.82, 2.24) is 0 Å². The number of carbonyl (C=O) groups is 1. The van der Waals surface area contributed by atoms with Crippen LogP contribution in [0.2, 0.25) is 0 Å². The van der Waals surface area contributed by atoms with Crippen LogP contribution in [-0.2, 0) is 0 Å². The van der Waals surface area contributed by atoms with E-state index < -0.39 is 11.5 Å². The van der Waals surface area contributed by atoms with Crippen molar-refractivity contribution in [3.05, 3.63) is 23.8 Å². The molecule has 1 amide bonds. The van der Waals surface area contributed by atoms with E-state index in [1.165, 1.54) is 0 Å². The van der Waals surface area contributed by atoms with Crippen molar-refractivity contribution in [3.63, 3.8) is 0 Å². The summed E-state index contributed by atoms with van der Waals surface area (Å²) in [7, 11) is 0. The number of carbonyl (C=O) groups excluding carboxylic acids is 1. The Morgan fingerprint density at radius 1 is 1.50 bits per heavy atom. The van der Waals surface area contributed by atoms with Gasteiger partial charge < -0.3 is 21.5 Å². The van der Waals surface area contributed by atoms with Crippen molar-refractivity contribution < 1.29 is 9.90 Å². The SMILES string of the molecule is CC1(O)CCCN(c2c(N)cccc2C(N)=O)C1. The summed E-state index contributed by atoms with van der Waals surface area (Å²) in [5, 5.41) is 10.1. The number of anilines is 2. The number of hydrogen-bond acceptors (Lipinski definition) is 4. The fourth-order valence-corrected chi connectivity index (χ4v) is 2.52. The van der Waals surface area contributed by atoms with E-state index >= 15 is 0 Å². The fraction of sp³-hybridized carbons (Fsp3) is 0.462. The number of piperidine rings is 1. The van der Waals surface area contributed by atoms with Crippen LogP contribution in [0.15, 0.2) is 18.2 Å². The predicted octanol–water partition coefficient (Wildman–Crippen LogP) is 0.719. The summed E-state index contributed by atoms with van der Waals surface area (Å²) < 4.78 is 0. The molecular formula is C13H19N3O2. The fourth-order valence-electron chi connectivity index (χ4n) is 2.52. The Morgan fingerprint density at radius 3 is 2.83 bits per heavy atom. The maximum Gasteiger partial charge on any atom is 0.250 e. The maximum absolute atomic E-state index is 11.5. The van der Waals surface area contributed by atoms with Gasteiger partial charge in [0, 0.05) is 13.1 Å². The Hall–Kier alpha value is -1.75. The smallest absolute Gasteiger partial charge is 0.250 e. The molecule has 5 nitrogen and oxygen atoms in total. The highest BCUT2D eigenvalue weighted by atomic mass is 16.3. The Labute approximate surface area is 106 Å². The van der Waals surface area contributed by atoms with E-state index in [9.17, 15) is 9.90 Å². The summed E-state index contributed by atoms with van der Waals surface area (Å²) in [5.74, 6) is -0.498. The molecule has 0 spiro atoms. The van der Waals surface area contributed by atoms with Gasteiger partial charge in [-0.05, 0) is 31.9 Å². The Balaban J connectivity index is 2.41. The molecule has 2 rings (SSSR count). The second-order valence-corrected chi connectivity index (χ2v) is 5.13. The van der Waals surface area contributed by atoms with Crippen LogP contribution in [0.25, 0.3) is 0 Å². The largest absolute Gasteiger partial charge is 0.397 e. The van der Waals surface area contributed by atoms with Crippen molar-refractivity contribution in [3.8, 4) is 0 Å². The van der Waals surface area contributed by atoms with E-state index in [0.717, 1.165) is 19.4 Å². The van der Waals surface area contributed by atoms with Crippen LogP contribution >= 0.6 is 0 Å². The zero-order chi connectivity index (χ0) is 13.3. The van der Waals surface area contributed by atoms with Gasteiger partial charge in [0.05, 0.1) is 22.5 Å². The number of benzene rings is 1. The molecule has 0 radical (unpaired) electrons. The molecule has 5 N–H and O–H groups in total. The molecule has 1 heterocycles. The number of β-amino-alcohol motifs (C(OH)–C–C–N with tert-alkyl or cyclic N) is 1. The molecule has 0 bridgehead atoms. The number of para-hydroxylation sites is 1. The number of hydrogen-bond donors (Lipinski definition) is 3. The molecular weight excluding hydrogens is 230 g/mol. The zero-order valence-corrected chi connectivity index (χ0v) is 10.5. The average molecular weight is 249 g/mol. The monoisotopic (exact) mass is 249 g/mol. The van der Waals surface area contributed by atoms with Crippen molar-refractivity contribution in [2.45, 2.75) is 25.4 Å². The van der Waals surface area contributed by atoms with Gasteiger partial charge in [0.1, 0.15) is 0 Å². The van der Waals surface area contributed by atoms with Gasteiger partial charge in [-0.15, -0.1) is 0 Å². The quantitative estimate of drug-likeness (QED) is 0.673. The number of rotatable bonds is 2. The molecule has 1 unspecified atom stereocenters. The van der Waals surface area contributed by atoms with E-state index in [2.05, 4.69) is 0 Å². The molecule has 98 valence electrons. The standard InChI is InChI=1S/C13H19N3O2/c1-13(18)6-3-7-16(8-13)11-9(12(15)17)4-2-5-10(11)14/h2,4-5,18H,3,6-8,14H2,1H3,(H2,15,17). The summed E-state index contributed by atoms with van der Waals surface area (Å²) in [5.41, 5.74) is 12.1. The van der Waals surface area contributed by atoms with Crippen molar-refractivity contribution in [2.24, 2.45) is 5.73 Å². The topological polar surface area (TPSA) is 92.6 Å². The van der Waals surface area contributed by atoms with E-state index in [0.29, 0.717) is 23.5 Å². The van der Waals surface area contributed by atoms with Crippen LogP contribution in [0.4, 0.5) is 11.4 Å². The van der Waals surface area contributed by atoms with Gasteiger partial charge in [0.2, 0.25) is 0 Å². The lowest BCUT2D eigenvalue weighted by Gasteiger charge is -2.39. The normalized spacial score (nSPS) is 24.0. The molecule has 5 heteroatoms. The first-order valence-electron chi connectivity index (χ1n) is 6.06. The second-order valence-electron chi connectivity index (χ2n) is 5.13. The van der Waals surface area contributed by atoms with E-state index in [1.807, 2.05) is 4.90 Å². The third-order valence-corrected chi connectivity index (χ3v) is 3.32. The van der Waals surface area contributed by atoms with Crippen LogP contribution < -0.4 is 16.4 Å². The highest BCUT2D eigenvalue weighted by molar-refractivity contribution is 6.01. The summed E-state index contributed by atoms with van der Waals surface area (Å²) in [6, 6.07) is 5.11. The Kier molecular flexibility index (Phi) is 3.17. The summed E-state index contributed by atoms with van der Waals surface area (Å²) in [6.45, 7) is 3.02. The molecule has 1 aliphatic heterocycles. The molecule has 1 aromatic carbocycles. The molecule has 0 aliphatic carbocycles. The van der Waals surface area contributed by atoms with Gasteiger partial charge in [-0.2, -0.15) is 0 Å². The third kappa shape index (κ3) is 2.41. The maximum atomic E-state index is 11.5. The summed E-state index contributed by atoms with van der Waals surface area (Å²) >= 11 is 0. The van der Waals surface area contributed by atoms with Gasteiger partial charge in [0.25, 0.3) is 5.91 Å². The first-order chi connectivity index (χ1) is 8.41. The first kappa shape index (κ1) is 12.7. The number of nitrogen functional groups attached to an aromatic ring is 1. The summed E-state index contributed by atoms with van der Waals surface area (Å²) in [6.07, 6.45) is 1.61. The average Bonchev–Trinajstić information content (AvgIpc) is 2.27. The number of amides is 1. The van der Waals surface area contributed by atoms with Crippen molar-refractivity contribution >= 4 is 17.3 Å². The molecule has 1 atom stereocenters. The van der Waals surface area contributed by atoms with Crippen LogP contribution in [0, 0.1) is 0 Å². The van der Waals surface area contributed by atoms with E-state index in [-0.39, 0.29) is 0 Å². The highest BCUT2D eigenvalue weighted by Gasteiger charge is 2.30. The van der Waals surface area contributed by atoms with Gasteiger partial charge in [-0.3, -0.25) is 4.79 Å². The highest BCUT2D eigenvalue weighted by Crippen LogP contribution is 2.32. The predicted molar refractivity (Wildman–Crippen MR) is 71.4 cm³/mol. The van der Waals surface area contributed by atoms with E-state index in [1.54, 1.807) is 25.1 Å². The van der Waals surface area contributed by atoms with Gasteiger partial charge in [-0.25, -0.2) is 0 Å². The summed E-state index contributed by atoms with van der Waals surface area (Å²) in [4.78, 5) is 13.4. The molecule has 0 saturated carbocycles. The lowest BCUT2D eigenvalue weighted by Crippen LogP contribution is -2.47. The Bertz CT molecular complexity index is 471. The molecule has 18 heavy (non-hydrogen) atoms. The van der Waals surface area contributed by atoms with Gasteiger partial charge in [0.15, 0.2) is 0 Å². The van der Waals surface area contributed by atoms with Crippen LogP contribution in [0.1, 0.15) is 30.1 Å². The third-order valence-electron chi connectivity index (χ3n) is 3.32. The van der Waals surface area contributed by atoms with Crippen LogP contribution in [0.3, 0.4) is 0 Å². The Morgan fingerprint density at radius 2 is 2.22 bits per heavy atom. The minimum Gasteiger partial charge on any atom is -0.397 e. The number of primary amides is 1. The molecule has 1 aromatic rings. The first-order valence-corrected chi connectivity index (χ1v) is 6.06. The lowest BCUT2D eigenvalue weighted by atomic mass is 9.94. The molecule has 1 fully saturated rings. The van der Waals surface area contributed by atoms with Crippen LogP contribution in [0.5, 0.6) is 0 Å². The minimum absolute atomic E-state index is 0.410. The number of nitrogens with two attached hydrogens (primary N) is 2. The van der Waals surface area contributed by atoms with Crippen LogP contribution in [-0.4, -0.2) is 29.7 Å². The molecule has 1 aliphatic rings. The van der Waals surface area contributed by atoms with E-state index in [4.69, 9.17) is 11.5 Å². The molecule has 1 saturated heterocycles. The minimum atomic E-state index is -0.755. The zero-order valence-electron chi connectivity index (χ0n) is 10.5. The van der Waals surface area contributed by atoms with Gasteiger partial charge in [-0.1, -0.05) is 6.07 Å². The number of nitrogens with zero attached hydrogens (tertiary/aromatic N) is 1. The van der Waals surface area contributed by atoms with Crippen molar-refractivity contribution in [1.29, 1.82) is 0 Å². The number of aliphatic hydroxyl groups is 1. The van der Waals surface area contributed by atoms with Gasteiger partial charge >= 0.3 is 0 Å². The van der Waals surface area contributed by atoms with Crippen molar-refractivity contribution in [2.75, 3.05) is 23.7 Å².